The average molecular weight is 328 g/mol. The number of hydrogen-bond donors (Lipinski definition) is 2. The van der Waals surface area contributed by atoms with Crippen LogP contribution in [0.3, 0.4) is 0 Å². The van der Waals surface area contributed by atoms with E-state index in [1.807, 2.05) is 6.92 Å². The second-order valence-electron chi connectivity index (χ2n) is 5.35. The van der Waals surface area contributed by atoms with Gasteiger partial charge in [-0.1, -0.05) is 43.7 Å². The zero-order chi connectivity index (χ0) is 17.5. The van der Waals surface area contributed by atoms with Gasteiger partial charge in [-0.05, 0) is 18.1 Å². The number of carbonyl (C=O) groups is 2. The van der Waals surface area contributed by atoms with Crippen LogP contribution in [-0.4, -0.2) is 21.6 Å². The topological polar surface area (TPSA) is 107 Å². The fourth-order valence-electron chi connectivity index (χ4n) is 2.21. The summed E-state index contributed by atoms with van der Waals surface area (Å²) in [6.07, 6.45) is 1.69. The molecule has 0 radical (unpaired) electrons. The third-order valence-electron chi connectivity index (χ3n) is 3.52. The maximum absolute atomic E-state index is 12.4. The van der Waals surface area contributed by atoms with Crippen molar-refractivity contribution in [1.82, 2.24) is 15.1 Å². The van der Waals surface area contributed by atoms with E-state index in [0.29, 0.717) is 12.1 Å². The SMILES string of the molecule is CCCCn1nc(C(=O)NC(C(N)=O)c2ccccc2)ccc1=O. The molecule has 7 nitrogen and oxygen atoms in total. The van der Waals surface area contributed by atoms with E-state index in [0.717, 1.165) is 12.8 Å². The average Bonchev–Trinajstić information content (AvgIpc) is 2.59. The van der Waals surface area contributed by atoms with Crippen LogP contribution >= 0.6 is 0 Å². The van der Waals surface area contributed by atoms with E-state index >= 15 is 0 Å². The molecule has 0 spiro atoms. The monoisotopic (exact) mass is 328 g/mol. The molecule has 2 amide bonds. The second kappa shape index (κ2) is 8.05. The number of nitrogens with zero attached hydrogens (tertiary/aromatic N) is 2. The molecule has 3 N–H and O–H groups in total. The smallest absolute Gasteiger partial charge is 0.272 e. The van der Waals surface area contributed by atoms with E-state index in [9.17, 15) is 14.4 Å². The second-order valence-corrected chi connectivity index (χ2v) is 5.35. The third kappa shape index (κ3) is 4.28. The standard InChI is InChI=1S/C17H20N4O3/c1-2-3-11-21-14(22)10-9-13(20-21)17(24)19-15(16(18)23)12-7-5-4-6-8-12/h4-10,15H,2-3,11H2,1H3,(H2,18,23)(H,19,24). The van der Waals surface area contributed by atoms with Crippen molar-refractivity contribution in [2.24, 2.45) is 5.73 Å². The Hall–Kier alpha value is -2.96. The van der Waals surface area contributed by atoms with E-state index in [1.165, 1.54) is 16.8 Å². The summed E-state index contributed by atoms with van der Waals surface area (Å²) < 4.78 is 1.25. The maximum atomic E-state index is 12.4. The van der Waals surface area contributed by atoms with Gasteiger partial charge in [-0.3, -0.25) is 14.4 Å². The zero-order valence-corrected chi connectivity index (χ0v) is 13.4. The molecule has 2 aromatic rings. The predicted molar refractivity (Wildman–Crippen MR) is 89.2 cm³/mol. The number of carbonyl (C=O) groups excluding carboxylic acids is 2. The number of aromatic nitrogens is 2. The molecule has 1 aromatic carbocycles. The van der Waals surface area contributed by atoms with Gasteiger partial charge in [0.25, 0.3) is 11.5 Å². The van der Waals surface area contributed by atoms with Crippen molar-refractivity contribution in [1.29, 1.82) is 0 Å². The number of primary amides is 1. The van der Waals surface area contributed by atoms with Gasteiger partial charge in [0.05, 0.1) is 0 Å². The summed E-state index contributed by atoms with van der Waals surface area (Å²) in [7, 11) is 0. The van der Waals surface area contributed by atoms with Gasteiger partial charge in [-0.2, -0.15) is 5.10 Å². The molecule has 2 rings (SSSR count). The summed E-state index contributed by atoms with van der Waals surface area (Å²) in [5.74, 6) is -1.23. The summed E-state index contributed by atoms with van der Waals surface area (Å²) in [6, 6.07) is 10.4. The lowest BCUT2D eigenvalue weighted by Crippen LogP contribution is -2.38. The number of hydrogen-bond acceptors (Lipinski definition) is 4. The Kier molecular flexibility index (Phi) is 5.83. The van der Waals surface area contributed by atoms with Crippen molar-refractivity contribution in [3.8, 4) is 0 Å². The molecule has 1 unspecified atom stereocenters. The quantitative estimate of drug-likeness (QED) is 0.790. The lowest BCUT2D eigenvalue weighted by molar-refractivity contribution is -0.120. The van der Waals surface area contributed by atoms with Crippen LogP contribution in [0.25, 0.3) is 0 Å². The van der Waals surface area contributed by atoms with Crippen molar-refractivity contribution in [2.75, 3.05) is 0 Å². The number of nitrogens with two attached hydrogens (primary N) is 1. The Bertz CT molecular complexity index is 771. The molecule has 0 bridgehead atoms. The molecular formula is C17H20N4O3. The van der Waals surface area contributed by atoms with Gasteiger partial charge < -0.3 is 11.1 Å². The highest BCUT2D eigenvalue weighted by Gasteiger charge is 2.21. The van der Waals surface area contributed by atoms with Crippen LogP contribution in [-0.2, 0) is 11.3 Å². The number of aryl methyl sites for hydroxylation is 1. The van der Waals surface area contributed by atoms with Crippen molar-refractivity contribution in [2.45, 2.75) is 32.4 Å². The molecule has 1 atom stereocenters. The fraction of sp³-hybridized carbons (Fsp3) is 0.294. The molecule has 0 fully saturated rings. The first kappa shape index (κ1) is 17.4. The number of nitrogens with one attached hydrogen (secondary N) is 1. The normalized spacial score (nSPS) is 11.7. The van der Waals surface area contributed by atoms with Gasteiger partial charge in [0, 0.05) is 12.6 Å². The molecule has 24 heavy (non-hydrogen) atoms. The molecule has 0 saturated carbocycles. The van der Waals surface area contributed by atoms with E-state index in [2.05, 4.69) is 10.4 Å². The van der Waals surface area contributed by atoms with Crippen molar-refractivity contribution in [3.63, 3.8) is 0 Å². The van der Waals surface area contributed by atoms with Crippen LogP contribution in [0, 0.1) is 0 Å². The van der Waals surface area contributed by atoms with E-state index in [-0.39, 0.29) is 11.3 Å². The van der Waals surface area contributed by atoms with E-state index < -0.39 is 17.9 Å². The van der Waals surface area contributed by atoms with Crippen molar-refractivity contribution < 1.29 is 9.59 Å². The minimum Gasteiger partial charge on any atom is -0.368 e. The Balaban J connectivity index is 2.21. The number of benzene rings is 1. The van der Waals surface area contributed by atoms with Gasteiger partial charge in [0.2, 0.25) is 5.91 Å². The van der Waals surface area contributed by atoms with Gasteiger partial charge in [-0.15, -0.1) is 0 Å². The van der Waals surface area contributed by atoms with Gasteiger partial charge in [-0.25, -0.2) is 4.68 Å². The molecule has 1 aromatic heterocycles. The Morgan fingerprint density at radius 2 is 1.92 bits per heavy atom. The minimum atomic E-state index is -0.962. The first-order valence-corrected chi connectivity index (χ1v) is 7.76. The summed E-state index contributed by atoms with van der Waals surface area (Å²) in [5.41, 5.74) is 5.76. The maximum Gasteiger partial charge on any atom is 0.272 e. The van der Waals surface area contributed by atoms with Crippen LogP contribution in [0.1, 0.15) is 41.9 Å². The summed E-state index contributed by atoms with van der Waals surface area (Å²) in [6.45, 7) is 2.44. The van der Waals surface area contributed by atoms with Crippen LogP contribution < -0.4 is 16.6 Å². The van der Waals surface area contributed by atoms with E-state index in [4.69, 9.17) is 5.73 Å². The highest BCUT2D eigenvalue weighted by Crippen LogP contribution is 2.12. The number of rotatable bonds is 7. The Morgan fingerprint density at radius 3 is 2.54 bits per heavy atom. The Morgan fingerprint density at radius 1 is 1.21 bits per heavy atom. The van der Waals surface area contributed by atoms with Crippen molar-refractivity contribution in [3.05, 3.63) is 64.1 Å². The summed E-state index contributed by atoms with van der Waals surface area (Å²) >= 11 is 0. The first-order valence-electron chi connectivity index (χ1n) is 7.76. The van der Waals surface area contributed by atoms with E-state index in [1.54, 1.807) is 30.3 Å². The summed E-state index contributed by atoms with van der Waals surface area (Å²) in [4.78, 5) is 35.8. The molecule has 0 aliphatic rings. The third-order valence-corrected chi connectivity index (χ3v) is 3.52. The fourth-order valence-corrected chi connectivity index (χ4v) is 2.21. The first-order chi connectivity index (χ1) is 11.5. The molecular weight excluding hydrogens is 308 g/mol. The van der Waals surface area contributed by atoms with Crippen LogP contribution in [0.5, 0.6) is 0 Å². The zero-order valence-electron chi connectivity index (χ0n) is 13.4. The molecule has 126 valence electrons. The van der Waals surface area contributed by atoms with Crippen LogP contribution in [0.2, 0.25) is 0 Å². The Labute approximate surface area is 139 Å². The molecule has 7 heteroatoms. The van der Waals surface area contributed by atoms with Crippen LogP contribution in [0.4, 0.5) is 0 Å². The number of unbranched alkanes of at least 4 members (excludes halogenated alkanes) is 1. The largest absolute Gasteiger partial charge is 0.368 e. The molecule has 0 saturated heterocycles. The van der Waals surface area contributed by atoms with Crippen LogP contribution in [0.15, 0.2) is 47.3 Å². The van der Waals surface area contributed by atoms with Gasteiger partial charge >= 0.3 is 0 Å². The number of amides is 2. The lowest BCUT2D eigenvalue weighted by atomic mass is 10.1. The van der Waals surface area contributed by atoms with Gasteiger partial charge in [0.15, 0.2) is 0 Å². The summed E-state index contributed by atoms with van der Waals surface area (Å²) in [5, 5.41) is 6.62. The highest BCUT2D eigenvalue weighted by atomic mass is 16.2. The highest BCUT2D eigenvalue weighted by molar-refractivity contribution is 5.96. The molecule has 0 aliphatic carbocycles. The molecule has 0 aliphatic heterocycles. The minimum absolute atomic E-state index is 0.0629. The lowest BCUT2D eigenvalue weighted by Gasteiger charge is -2.15. The molecule has 1 heterocycles. The van der Waals surface area contributed by atoms with Gasteiger partial charge in [0.1, 0.15) is 11.7 Å². The van der Waals surface area contributed by atoms with Crippen molar-refractivity contribution >= 4 is 11.8 Å². The predicted octanol–water partition coefficient (Wildman–Crippen LogP) is 1.000.